The summed E-state index contributed by atoms with van der Waals surface area (Å²) in [6.45, 7) is 1.70. The number of carbonyl (C=O) groups is 1. The Kier molecular flexibility index (Phi) is 8.27. The smallest absolute Gasteiger partial charge is 0.281 e. The number of halogens is 2. The minimum Gasteiger partial charge on any atom is -0.356 e. The van der Waals surface area contributed by atoms with Crippen LogP contribution < -0.4 is 21.3 Å². The average Bonchev–Trinajstić information content (AvgIpc) is 3.30. The van der Waals surface area contributed by atoms with Gasteiger partial charge in [0.05, 0.1) is 12.2 Å². The van der Waals surface area contributed by atoms with E-state index in [1.807, 2.05) is 6.07 Å². The molecule has 1 aliphatic carbocycles. The molecule has 0 aromatic carbocycles. The van der Waals surface area contributed by atoms with Gasteiger partial charge >= 0.3 is 0 Å². The molecule has 0 radical (unpaired) electrons. The molecule has 10 nitrogen and oxygen atoms in total. The number of carbonyl (C=O) groups excluding carboxylic acids is 1. The minimum absolute atomic E-state index is 0.164. The number of aromatic nitrogens is 3. The number of piperidine rings is 1. The standard InChI is InChI=1S/C24H35F2N9O/c1-33(2)17-7-10-34(11-8-17)20-9-12-35-23(32-20)18(13-30-35)24(36)31-19(21(28)22(25)26)14-29-16-5-3-15(27)4-6-16/h9,12-17,22,28-29H,3-8,10-11,27H2,1-2H3,(H,31,36)/p+1. The highest BCUT2D eigenvalue weighted by Gasteiger charge is 2.26. The van der Waals surface area contributed by atoms with Gasteiger partial charge in [0.2, 0.25) is 0 Å². The van der Waals surface area contributed by atoms with Crippen LogP contribution in [-0.2, 0) is 0 Å². The molecule has 0 spiro atoms. The maximum atomic E-state index is 13.4. The molecule has 6 N–H and O–H groups in total. The van der Waals surface area contributed by atoms with Crippen LogP contribution in [0.1, 0.15) is 48.9 Å². The van der Waals surface area contributed by atoms with Crippen molar-refractivity contribution in [1.29, 1.82) is 5.41 Å². The second-order valence-corrected chi connectivity index (χ2v) is 9.91. The molecule has 0 bridgehead atoms. The van der Waals surface area contributed by atoms with Gasteiger partial charge in [-0.25, -0.2) is 18.3 Å². The molecule has 36 heavy (non-hydrogen) atoms. The average molecular weight is 505 g/mol. The highest BCUT2D eigenvalue weighted by molar-refractivity contribution is 6.07. The molecule has 1 saturated heterocycles. The van der Waals surface area contributed by atoms with Gasteiger partial charge in [-0.05, 0) is 45.8 Å². The first-order chi connectivity index (χ1) is 17.2. The lowest BCUT2D eigenvalue weighted by Gasteiger charge is -2.35. The van der Waals surface area contributed by atoms with E-state index in [2.05, 4.69) is 39.3 Å². The summed E-state index contributed by atoms with van der Waals surface area (Å²) in [6.07, 6.45) is 7.00. The van der Waals surface area contributed by atoms with Crippen LogP contribution in [0.5, 0.6) is 0 Å². The molecule has 4 rings (SSSR count). The monoisotopic (exact) mass is 504 g/mol. The quantitative estimate of drug-likeness (QED) is 0.396. The van der Waals surface area contributed by atoms with E-state index in [0.717, 1.165) is 57.4 Å². The van der Waals surface area contributed by atoms with Crippen molar-refractivity contribution in [3.05, 3.63) is 35.9 Å². The molecule has 2 aromatic heterocycles. The number of quaternary nitrogens is 1. The number of rotatable bonds is 8. The Hall–Kier alpha value is -2.96. The topological polar surface area (TPSA) is 132 Å². The molecule has 2 aromatic rings. The Balaban J connectivity index is 1.50. The molecule has 1 saturated carbocycles. The lowest BCUT2D eigenvalue weighted by molar-refractivity contribution is -0.630. The first-order valence-corrected chi connectivity index (χ1v) is 12.5. The van der Waals surface area contributed by atoms with Crippen molar-refractivity contribution in [3.8, 4) is 0 Å². The Morgan fingerprint density at radius 3 is 2.58 bits per heavy atom. The van der Waals surface area contributed by atoms with Crippen molar-refractivity contribution in [2.45, 2.75) is 63.1 Å². The minimum atomic E-state index is -3.01. The number of amides is 1. The van der Waals surface area contributed by atoms with Gasteiger partial charge in [0.15, 0.2) is 5.65 Å². The van der Waals surface area contributed by atoms with Crippen LogP contribution in [0, 0.1) is 5.41 Å². The van der Waals surface area contributed by atoms with Crippen LogP contribution in [0.4, 0.5) is 14.6 Å². The normalized spacial score (nSPS) is 22.0. The second kappa shape index (κ2) is 11.4. The maximum absolute atomic E-state index is 13.4. The number of nitrogens with zero attached hydrogens (tertiary/aromatic N) is 5. The van der Waals surface area contributed by atoms with Crippen molar-refractivity contribution in [3.63, 3.8) is 0 Å². The van der Waals surface area contributed by atoms with Crippen LogP contribution in [0.3, 0.4) is 0 Å². The van der Waals surface area contributed by atoms with Gasteiger partial charge in [0, 0.05) is 44.2 Å². The van der Waals surface area contributed by atoms with E-state index in [1.165, 1.54) is 16.9 Å². The van der Waals surface area contributed by atoms with Crippen LogP contribution in [0.2, 0.25) is 0 Å². The van der Waals surface area contributed by atoms with E-state index in [9.17, 15) is 13.6 Å². The number of hydrogen-bond acceptors (Lipinski definition) is 7. The second-order valence-electron chi connectivity index (χ2n) is 9.91. The number of alkyl halides is 2. The van der Waals surface area contributed by atoms with E-state index >= 15 is 0 Å². The lowest BCUT2D eigenvalue weighted by Crippen LogP contribution is -2.85. The van der Waals surface area contributed by atoms with Crippen molar-refractivity contribution in [1.82, 2.24) is 24.8 Å². The third-order valence-corrected chi connectivity index (χ3v) is 7.23. The van der Waals surface area contributed by atoms with E-state index in [4.69, 9.17) is 11.1 Å². The summed E-state index contributed by atoms with van der Waals surface area (Å²) in [5.41, 5.74) is 5.30. The lowest BCUT2D eigenvalue weighted by atomic mass is 9.92. The molecule has 3 heterocycles. The predicted molar refractivity (Wildman–Crippen MR) is 133 cm³/mol. The van der Waals surface area contributed by atoms with Gasteiger partial charge in [-0.2, -0.15) is 5.10 Å². The molecular formula is C24H36F2N9O+. The third kappa shape index (κ3) is 6.05. The summed E-state index contributed by atoms with van der Waals surface area (Å²) in [5, 5.41) is 16.3. The fraction of sp³-hybridized carbons (Fsp3) is 0.583. The molecule has 0 atom stereocenters. The summed E-state index contributed by atoms with van der Waals surface area (Å²) in [6, 6.07) is 2.74. The molecule has 1 amide bonds. The first-order valence-electron chi connectivity index (χ1n) is 12.5. The zero-order valence-corrected chi connectivity index (χ0v) is 20.8. The van der Waals surface area contributed by atoms with Crippen LogP contribution in [0.15, 0.2) is 30.4 Å². The summed E-state index contributed by atoms with van der Waals surface area (Å²) >= 11 is 0. The number of fused-ring (bicyclic) bond motifs is 1. The van der Waals surface area contributed by atoms with Crippen molar-refractivity contribution < 1.29 is 18.9 Å². The summed E-state index contributed by atoms with van der Waals surface area (Å²) < 4.78 is 28.3. The van der Waals surface area contributed by atoms with E-state index < -0.39 is 18.0 Å². The van der Waals surface area contributed by atoms with Gasteiger partial charge in [0.25, 0.3) is 12.3 Å². The number of anilines is 1. The number of allylic oxidation sites excluding steroid dienone is 1. The molecule has 12 heteroatoms. The molecule has 196 valence electrons. The van der Waals surface area contributed by atoms with Crippen molar-refractivity contribution in [2.75, 3.05) is 32.1 Å². The van der Waals surface area contributed by atoms with Crippen LogP contribution in [-0.4, -0.2) is 82.9 Å². The fourth-order valence-corrected chi connectivity index (χ4v) is 4.88. The molecule has 2 fully saturated rings. The number of hydrogen-bond donors (Lipinski definition) is 4. The van der Waals surface area contributed by atoms with Gasteiger partial charge in [-0.15, -0.1) is 0 Å². The zero-order chi connectivity index (χ0) is 25.8. The van der Waals surface area contributed by atoms with E-state index in [0.29, 0.717) is 11.7 Å². The van der Waals surface area contributed by atoms with Gasteiger partial charge in [0.1, 0.15) is 29.0 Å². The Labute approximate surface area is 209 Å². The summed E-state index contributed by atoms with van der Waals surface area (Å²) in [7, 11) is 4.17. The number of nitrogens with one attached hydrogen (secondary N) is 2. The highest BCUT2D eigenvalue weighted by atomic mass is 19.3. The Morgan fingerprint density at radius 1 is 1.25 bits per heavy atom. The van der Waals surface area contributed by atoms with Crippen LogP contribution >= 0.6 is 0 Å². The summed E-state index contributed by atoms with van der Waals surface area (Å²) in [4.78, 5) is 22.2. The largest absolute Gasteiger partial charge is 0.356 e. The highest BCUT2D eigenvalue weighted by Crippen LogP contribution is 2.22. The van der Waals surface area contributed by atoms with Gasteiger partial charge in [-0.1, -0.05) is 0 Å². The molecular weight excluding hydrogens is 468 g/mol. The van der Waals surface area contributed by atoms with Crippen molar-refractivity contribution >= 4 is 23.1 Å². The molecule has 1 aliphatic heterocycles. The predicted octanol–water partition coefficient (Wildman–Crippen LogP) is 0.949. The molecule has 2 aliphatic rings. The van der Waals surface area contributed by atoms with Crippen LogP contribution in [0.25, 0.3) is 5.65 Å². The third-order valence-electron chi connectivity index (χ3n) is 7.23. The summed E-state index contributed by atoms with van der Waals surface area (Å²) in [5.74, 6) is 0.117. The maximum Gasteiger partial charge on any atom is 0.281 e. The van der Waals surface area contributed by atoms with Gasteiger partial charge < -0.3 is 26.2 Å². The zero-order valence-electron chi connectivity index (χ0n) is 20.8. The Morgan fingerprint density at radius 2 is 1.94 bits per heavy atom. The first kappa shape index (κ1) is 26.1. The molecule has 0 unspecified atom stereocenters. The van der Waals surface area contributed by atoms with E-state index in [-0.39, 0.29) is 23.3 Å². The fourth-order valence-electron chi connectivity index (χ4n) is 4.88. The van der Waals surface area contributed by atoms with Gasteiger partial charge in [-0.3, -0.25) is 10.2 Å². The van der Waals surface area contributed by atoms with Crippen molar-refractivity contribution in [2.24, 2.45) is 5.73 Å². The van der Waals surface area contributed by atoms with E-state index in [1.54, 1.807) is 11.5 Å². The Bertz CT molecular complexity index is 1100. The number of nitrogens with two attached hydrogens (primary N) is 2. The SMILES string of the molecule is CN(C)C1CCN(c2ccn3ncc(C(=O)NC(=C[NH2+]C4CCC(N)CC4)C(=N)C(F)F)c3n2)CC1.